The maximum absolute atomic E-state index is 12.0. The van der Waals surface area contributed by atoms with E-state index in [0.29, 0.717) is 0 Å². The summed E-state index contributed by atoms with van der Waals surface area (Å²) < 4.78 is 4.93. The second-order valence-electron chi connectivity index (χ2n) is 4.56. The smallest absolute Gasteiger partial charge is 0.305 e. The first-order valence-electron chi connectivity index (χ1n) is 6.38. The number of carbonyl (C=O) groups is 2. The third kappa shape index (κ3) is 4.07. The number of halogens is 1. The first kappa shape index (κ1) is 16.5. The predicted octanol–water partition coefficient (Wildman–Crippen LogP) is 2.79. The van der Waals surface area contributed by atoms with E-state index < -0.39 is 29.3 Å². The van der Waals surface area contributed by atoms with E-state index in [9.17, 15) is 19.7 Å². The van der Waals surface area contributed by atoms with E-state index in [1.807, 2.05) is 0 Å². The summed E-state index contributed by atoms with van der Waals surface area (Å²) in [4.78, 5) is 33.3. The fourth-order valence-corrected chi connectivity index (χ4v) is 2.21. The first-order valence-corrected chi connectivity index (χ1v) is 6.76. The average Bonchev–Trinajstić information content (AvgIpc) is 3.00. The highest BCUT2D eigenvalue weighted by Gasteiger charge is 2.24. The standard InChI is InChI=1S/C14H11ClN2O6/c15-10-4-3-8(17(21)22)6-9(10)11(7-13(18)19)16-14(20)12-2-1-5-23-12/h1-6,11H,7H2,(H,16,20)(H,18,19). The Morgan fingerprint density at radius 1 is 1.39 bits per heavy atom. The molecule has 0 aliphatic rings. The van der Waals surface area contributed by atoms with Crippen molar-refractivity contribution in [2.75, 3.05) is 0 Å². The molecule has 0 bridgehead atoms. The lowest BCUT2D eigenvalue weighted by atomic mass is 10.0. The topological polar surface area (TPSA) is 123 Å². The number of rotatable bonds is 6. The molecule has 2 aromatic rings. The van der Waals surface area contributed by atoms with Crippen LogP contribution in [0.5, 0.6) is 0 Å². The van der Waals surface area contributed by atoms with Gasteiger partial charge in [-0.1, -0.05) is 11.6 Å². The van der Waals surface area contributed by atoms with Gasteiger partial charge in [-0.25, -0.2) is 0 Å². The molecule has 1 aromatic heterocycles. The lowest BCUT2D eigenvalue weighted by Crippen LogP contribution is -2.30. The molecular formula is C14H11ClN2O6. The number of carbonyl (C=O) groups excluding carboxylic acids is 1. The highest BCUT2D eigenvalue weighted by molar-refractivity contribution is 6.31. The fourth-order valence-electron chi connectivity index (χ4n) is 1.96. The molecule has 0 radical (unpaired) electrons. The van der Waals surface area contributed by atoms with Gasteiger partial charge in [0.2, 0.25) is 0 Å². The maximum atomic E-state index is 12.0. The van der Waals surface area contributed by atoms with Gasteiger partial charge in [-0.3, -0.25) is 19.7 Å². The normalized spacial score (nSPS) is 11.7. The van der Waals surface area contributed by atoms with Crippen molar-refractivity contribution in [1.82, 2.24) is 5.32 Å². The van der Waals surface area contributed by atoms with E-state index in [2.05, 4.69) is 5.32 Å². The molecular weight excluding hydrogens is 328 g/mol. The zero-order chi connectivity index (χ0) is 17.0. The third-order valence-electron chi connectivity index (χ3n) is 2.99. The second kappa shape index (κ2) is 6.93. The van der Waals surface area contributed by atoms with Crippen LogP contribution in [0.4, 0.5) is 5.69 Å². The zero-order valence-corrected chi connectivity index (χ0v) is 12.3. The number of amides is 1. The van der Waals surface area contributed by atoms with Crippen molar-refractivity contribution in [2.24, 2.45) is 0 Å². The minimum absolute atomic E-state index is 0.0121. The molecule has 1 aromatic carbocycles. The van der Waals surface area contributed by atoms with Gasteiger partial charge in [-0.2, -0.15) is 0 Å². The Bertz CT molecular complexity index is 744. The lowest BCUT2D eigenvalue weighted by molar-refractivity contribution is -0.384. The second-order valence-corrected chi connectivity index (χ2v) is 4.97. The number of aliphatic carboxylic acids is 1. The highest BCUT2D eigenvalue weighted by Crippen LogP contribution is 2.29. The molecule has 0 aliphatic heterocycles. The number of furan rings is 1. The summed E-state index contributed by atoms with van der Waals surface area (Å²) in [6.45, 7) is 0. The Balaban J connectivity index is 2.34. The van der Waals surface area contributed by atoms with Gasteiger partial charge in [0.1, 0.15) is 0 Å². The summed E-state index contributed by atoms with van der Waals surface area (Å²) in [6, 6.07) is 5.47. The van der Waals surface area contributed by atoms with Gasteiger partial charge < -0.3 is 14.8 Å². The number of nitro benzene ring substituents is 1. The summed E-state index contributed by atoms with van der Waals surface area (Å²) in [7, 11) is 0. The number of non-ortho nitro benzene ring substituents is 1. The minimum atomic E-state index is -1.20. The number of nitro groups is 1. The quantitative estimate of drug-likeness (QED) is 0.616. The average molecular weight is 339 g/mol. The summed E-state index contributed by atoms with van der Waals surface area (Å²) in [5.74, 6) is -1.86. The summed E-state index contributed by atoms with van der Waals surface area (Å²) in [6.07, 6.45) is 0.800. The Morgan fingerprint density at radius 3 is 2.70 bits per heavy atom. The number of nitrogens with zero attached hydrogens (tertiary/aromatic N) is 1. The Kier molecular flexibility index (Phi) is 4.97. The van der Waals surface area contributed by atoms with E-state index in [4.69, 9.17) is 21.1 Å². The maximum Gasteiger partial charge on any atom is 0.305 e. The minimum Gasteiger partial charge on any atom is -0.481 e. The van der Waals surface area contributed by atoms with Crippen molar-refractivity contribution >= 4 is 29.2 Å². The van der Waals surface area contributed by atoms with E-state index in [0.717, 1.165) is 6.07 Å². The molecule has 0 saturated carbocycles. The summed E-state index contributed by atoms with van der Waals surface area (Å²) in [5.41, 5.74) is -0.116. The number of hydrogen-bond donors (Lipinski definition) is 2. The highest BCUT2D eigenvalue weighted by atomic mass is 35.5. The van der Waals surface area contributed by atoms with Crippen LogP contribution in [0, 0.1) is 10.1 Å². The van der Waals surface area contributed by atoms with Crippen molar-refractivity contribution in [3.05, 3.63) is 63.1 Å². The van der Waals surface area contributed by atoms with Crippen LogP contribution in [0.25, 0.3) is 0 Å². The van der Waals surface area contributed by atoms with Crippen molar-refractivity contribution in [1.29, 1.82) is 0 Å². The van der Waals surface area contributed by atoms with Crippen LogP contribution in [0.2, 0.25) is 5.02 Å². The molecule has 1 amide bonds. The van der Waals surface area contributed by atoms with E-state index in [1.54, 1.807) is 0 Å². The van der Waals surface area contributed by atoms with Crippen molar-refractivity contribution in [3.63, 3.8) is 0 Å². The number of hydrogen-bond acceptors (Lipinski definition) is 5. The van der Waals surface area contributed by atoms with Crippen molar-refractivity contribution in [2.45, 2.75) is 12.5 Å². The summed E-state index contributed by atoms with van der Waals surface area (Å²) in [5, 5.41) is 22.4. The molecule has 1 atom stereocenters. The number of carboxylic acid groups (broad SMARTS) is 1. The van der Waals surface area contributed by atoms with Gasteiger partial charge in [-0.15, -0.1) is 0 Å². The Labute approximate surface area is 134 Å². The van der Waals surface area contributed by atoms with Gasteiger partial charge in [0, 0.05) is 22.7 Å². The fraction of sp³-hybridized carbons (Fsp3) is 0.143. The number of benzene rings is 1. The molecule has 0 aliphatic carbocycles. The van der Waals surface area contributed by atoms with Crippen molar-refractivity contribution < 1.29 is 24.0 Å². The molecule has 0 fully saturated rings. The van der Waals surface area contributed by atoms with Crippen LogP contribution in [-0.2, 0) is 4.79 Å². The molecule has 0 saturated heterocycles. The van der Waals surface area contributed by atoms with Crippen molar-refractivity contribution in [3.8, 4) is 0 Å². The van der Waals surface area contributed by atoms with Crippen LogP contribution < -0.4 is 5.32 Å². The molecule has 0 spiro atoms. The predicted molar refractivity (Wildman–Crippen MR) is 79.3 cm³/mol. The first-order chi connectivity index (χ1) is 10.9. The monoisotopic (exact) mass is 338 g/mol. The third-order valence-corrected chi connectivity index (χ3v) is 3.34. The van der Waals surface area contributed by atoms with E-state index in [-0.39, 0.29) is 22.0 Å². The molecule has 1 unspecified atom stereocenters. The van der Waals surface area contributed by atoms with Crippen LogP contribution in [0.3, 0.4) is 0 Å². The SMILES string of the molecule is O=C(O)CC(NC(=O)c1ccco1)c1cc([N+](=O)[O-])ccc1Cl. The molecule has 1 heterocycles. The van der Waals surface area contributed by atoms with Crippen LogP contribution in [-0.4, -0.2) is 21.9 Å². The molecule has 2 N–H and O–H groups in total. The van der Waals surface area contributed by atoms with Gasteiger partial charge in [0.15, 0.2) is 5.76 Å². The van der Waals surface area contributed by atoms with Gasteiger partial charge in [0.05, 0.1) is 23.6 Å². The molecule has 2 rings (SSSR count). The largest absolute Gasteiger partial charge is 0.481 e. The molecule has 120 valence electrons. The van der Waals surface area contributed by atoms with Crippen LogP contribution in [0.15, 0.2) is 41.0 Å². The number of nitrogens with one attached hydrogen (secondary N) is 1. The molecule has 8 nitrogen and oxygen atoms in total. The van der Waals surface area contributed by atoms with E-state index in [1.165, 1.54) is 30.5 Å². The van der Waals surface area contributed by atoms with Gasteiger partial charge in [-0.05, 0) is 18.2 Å². The van der Waals surface area contributed by atoms with Gasteiger partial charge in [0.25, 0.3) is 11.6 Å². The number of carboxylic acids is 1. The zero-order valence-electron chi connectivity index (χ0n) is 11.6. The Hall–Kier alpha value is -2.87. The lowest BCUT2D eigenvalue weighted by Gasteiger charge is -2.18. The molecule has 23 heavy (non-hydrogen) atoms. The van der Waals surface area contributed by atoms with Crippen LogP contribution >= 0.6 is 11.6 Å². The molecule has 9 heteroatoms. The van der Waals surface area contributed by atoms with Crippen LogP contribution in [0.1, 0.15) is 28.6 Å². The summed E-state index contributed by atoms with van der Waals surface area (Å²) >= 11 is 6.00. The van der Waals surface area contributed by atoms with E-state index >= 15 is 0 Å². The Morgan fingerprint density at radius 2 is 2.13 bits per heavy atom. The van der Waals surface area contributed by atoms with Gasteiger partial charge >= 0.3 is 5.97 Å².